The van der Waals surface area contributed by atoms with E-state index < -0.39 is 66.7 Å². The van der Waals surface area contributed by atoms with Crippen LogP contribution in [-0.2, 0) is 19.1 Å². The molecular formula is C26H26ClF6N3O6. The molecule has 16 heteroatoms. The molecule has 0 aromatic heterocycles. The summed E-state index contributed by atoms with van der Waals surface area (Å²) >= 11 is 5.84. The zero-order valence-electron chi connectivity index (χ0n) is 22.2. The zero-order chi connectivity index (χ0) is 31.8. The second kappa shape index (κ2) is 14.4. The van der Waals surface area contributed by atoms with Crippen molar-refractivity contribution >= 4 is 35.1 Å². The lowest BCUT2D eigenvalue weighted by atomic mass is 9.97. The van der Waals surface area contributed by atoms with Gasteiger partial charge in [0, 0.05) is 10.6 Å². The van der Waals surface area contributed by atoms with E-state index in [1.807, 2.05) is 5.32 Å². The lowest BCUT2D eigenvalue weighted by molar-refractivity contribution is -0.325. The second-order valence-corrected chi connectivity index (χ2v) is 9.54. The average Bonchev–Trinajstić information content (AvgIpc) is 2.90. The van der Waals surface area contributed by atoms with Gasteiger partial charge in [-0.3, -0.25) is 23.9 Å². The van der Waals surface area contributed by atoms with Gasteiger partial charge >= 0.3 is 12.5 Å². The smallest absolute Gasteiger partial charge is 0.497 e. The van der Waals surface area contributed by atoms with Crippen molar-refractivity contribution in [2.24, 2.45) is 5.92 Å². The van der Waals surface area contributed by atoms with Crippen molar-refractivity contribution in [2.75, 3.05) is 13.7 Å². The summed E-state index contributed by atoms with van der Waals surface area (Å²) < 4.78 is 86.7. The van der Waals surface area contributed by atoms with Crippen LogP contribution in [0.5, 0.6) is 5.75 Å². The van der Waals surface area contributed by atoms with E-state index in [9.17, 15) is 45.5 Å². The van der Waals surface area contributed by atoms with Gasteiger partial charge in [0.1, 0.15) is 17.8 Å². The van der Waals surface area contributed by atoms with E-state index in [1.165, 1.54) is 69.5 Å². The average molecular weight is 626 g/mol. The summed E-state index contributed by atoms with van der Waals surface area (Å²) in [6.45, 7) is 1.05. The highest BCUT2D eigenvalue weighted by Crippen LogP contribution is 2.24. The van der Waals surface area contributed by atoms with E-state index in [0.29, 0.717) is 5.75 Å². The molecule has 0 aliphatic carbocycles. The number of methoxy groups -OCH3 is 1. The lowest BCUT2D eigenvalue weighted by Crippen LogP contribution is -2.55. The number of ketones is 1. The molecule has 3 unspecified atom stereocenters. The molecule has 0 saturated heterocycles. The van der Waals surface area contributed by atoms with Crippen molar-refractivity contribution in [3.63, 3.8) is 0 Å². The highest BCUT2D eigenvalue weighted by atomic mass is 35.5. The molecule has 3 amide bonds. The molecule has 0 saturated carbocycles. The van der Waals surface area contributed by atoms with Crippen LogP contribution in [0.2, 0.25) is 5.02 Å². The molecule has 0 spiro atoms. The Bertz CT molecular complexity index is 1270. The Labute approximate surface area is 240 Å². The molecule has 2 aromatic carbocycles. The van der Waals surface area contributed by atoms with Gasteiger partial charge in [-0.2, -0.15) is 13.2 Å². The van der Waals surface area contributed by atoms with Crippen LogP contribution in [-0.4, -0.2) is 61.8 Å². The van der Waals surface area contributed by atoms with E-state index in [1.54, 1.807) is 0 Å². The molecule has 0 fully saturated rings. The van der Waals surface area contributed by atoms with Gasteiger partial charge in [0.2, 0.25) is 11.8 Å². The van der Waals surface area contributed by atoms with Gasteiger partial charge in [0.25, 0.3) is 11.7 Å². The van der Waals surface area contributed by atoms with Gasteiger partial charge in [-0.1, -0.05) is 43.6 Å². The third-order valence-corrected chi connectivity index (χ3v) is 5.88. The summed E-state index contributed by atoms with van der Waals surface area (Å²) in [5.41, 5.74) is -0.164. The van der Waals surface area contributed by atoms with Gasteiger partial charge in [-0.25, -0.2) is 0 Å². The van der Waals surface area contributed by atoms with Crippen molar-refractivity contribution in [1.29, 1.82) is 0 Å². The minimum Gasteiger partial charge on any atom is -0.497 e. The van der Waals surface area contributed by atoms with Crippen LogP contribution >= 0.6 is 11.6 Å². The topological polar surface area (TPSA) is 123 Å². The first kappa shape index (κ1) is 34.4. The number of hydrogen-bond donors (Lipinski definition) is 3. The summed E-state index contributed by atoms with van der Waals surface area (Å²) in [6, 6.07) is 4.48. The quantitative estimate of drug-likeness (QED) is 0.305. The first-order chi connectivity index (χ1) is 19.4. The maximum atomic E-state index is 13.2. The summed E-state index contributed by atoms with van der Waals surface area (Å²) in [7, 11) is 1.32. The van der Waals surface area contributed by atoms with E-state index in [-0.39, 0.29) is 16.1 Å². The molecule has 3 N–H and O–H groups in total. The van der Waals surface area contributed by atoms with Crippen LogP contribution in [0.15, 0.2) is 48.5 Å². The lowest BCUT2D eigenvalue weighted by Gasteiger charge is -2.27. The van der Waals surface area contributed by atoms with Crippen LogP contribution in [0, 0.1) is 5.92 Å². The molecule has 0 radical (unpaired) electrons. The standard InChI is InChI=1S/C26H26ClF6N3O6/c1-13(2)19(21(37)25(28,29)30)35-24(40)20(14-7-9-17(41-3)10-8-14)36-23(39)18(12-42-26(31,32)33)34-22(38)15-5-4-6-16(27)11-15/h4-11,13,18-20H,12H2,1-3H3,(H,34,38)(H,35,40)(H,36,39). The highest BCUT2D eigenvalue weighted by molar-refractivity contribution is 6.31. The number of nitrogens with one attached hydrogen (secondary N) is 3. The SMILES string of the molecule is COc1ccc(C(NC(=O)C(COC(F)(F)F)NC(=O)c2cccc(Cl)c2)C(=O)NC(C(=O)C(F)(F)F)C(C)C)cc1. The van der Waals surface area contributed by atoms with Crippen LogP contribution in [0.25, 0.3) is 0 Å². The van der Waals surface area contributed by atoms with Crippen LogP contribution in [0.1, 0.15) is 35.8 Å². The molecule has 42 heavy (non-hydrogen) atoms. The number of ether oxygens (including phenoxy) is 2. The summed E-state index contributed by atoms with van der Waals surface area (Å²) in [4.78, 5) is 51.0. The van der Waals surface area contributed by atoms with E-state index >= 15 is 0 Å². The van der Waals surface area contributed by atoms with E-state index in [0.717, 1.165) is 0 Å². The fraction of sp³-hybridized carbons (Fsp3) is 0.385. The number of rotatable bonds is 12. The van der Waals surface area contributed by atoms with E-state index in [2.05, 4.69) is 15.4 Å². The summed E-state index contributed by atoms with van der Waals surface area (Å²) in [6.07, 6.45) is -10.5. The Kier molecular flexibility index (Phi) is 11.7. The number of alkyl halides is 6. The first-order valence-corrected chi connectivity index (χ1v) is 12.4. The second-order valence-electron chi connectivity index (χ2n) is 9.10. The molecule has 9 nitrogen and oxygen atoms in total. The van der Waals surface area contributed by atoms with Gasteiger partial charge in [0.05, 0.1) is 19.8 Å². The molecule has 0 bridgehead atoms. The largest absolute Gasteiger partial charge is 0.522 e. The monoisotopic (exact) mass is 625 g/mol. The first-order valence-electron chi connectivity index (χ1n) is 12.1. The Morgan fingerprint density at radius 3 is 2.00 bits per heavy atom. The Balaban J connectivity index is 2.42. The normalized spacial score (nSPS) is 14.0. The molecular weight excluding hydrogens is 600 g/mol. The zero-order valence-corrected chi connectivity index (χ0v) is 23.0. The molecule has 3 atom stereocenters. The predicted octanol–water partition coefficient (Wildman–Crippen LogP) is 4.11. The van der Waals surface area contributed by atoms with Crippen molar-refractivity contribution in [2.45, 2.75) is 44.5 Å². The summed E-state index contributed by atoms with van der Waals surface area (Å²) in [5, 5.41) is 6.25. The Hall–Kier alpha value is -3.85. The molecule has 0 heterocycles. The molecule has 230 valence electrons. The maximum Gasteiger partial charge on any atom is 0.522 e. The minimum absolute atomic E-state index is 0.0414. The van der Waals surface area contributed by atoms with Crippen molar-refractivity contribution in [3.8, 4) is 5.75 Å². The third kappa shape index (κ3) is 10.2. The number of halogens is 7. The maximum absolute atomic E-state index is 13.2. The minimum atomic E-state index is -5.30. The Morgan fingerprint density at radius 2 is 1.50 bits per heavy atom. The number of carbonyl (C=O) groups excluding carboxylic acids is 4. The Morgan fingerprint density at radius 1 is 0.881 bits per heavy atom. The van der Waals surface area contributed by atoms with Gasteiger partial charge in [0.15, 0.2) is 0 Å². The van der Waals surface area contributed by atoms with Gasteiger partial charge in [-0.15, -0.1) is 13.2 Å². The number of hydrogen-bond acceptors (Lipinski definition) is 6. The fourth-order valence-corrected chi connectivity index (χ4v) is 3.71. The van der Waals surface area contributed by atoms with Crippen LogP contribution < -0.4 is 20.7 Å². The van der Waals surface area contributed by atoms with Crippen molar-refractivity contribution in [1.82, 2.24) is 16.0 Å². The molecule has 0 aliphatic rings. The molecule has 2 rings (SSSR count). The fourth-order valence-electron chi connectivity index (χ4n) is 3.52. The van der Waals surface area contributed by atoms with E-state index in [4.69, 9.17) is 16.3 Å². The number of Topliss-reactive ketones (excluding diaryl/α,β-unsaturated/α-hetero) is 1. The highest BCUT2D eigenvalue weighted by Gasteiger charge is 2.45. The molecule has 2 aromatic rings. The van der Waals surface area contributed by atoms with Gasteiger partial charge < -0.3 is 20.7 Å². The number of amides is 3. The summed E-state index contributed by atoms with van der Waals surface area (Å²) in [5.74, 6) is -6.68. The number of benzene rings is 2. The number of carbonyl (C=O) groups is 4. The molecule has 0 aliphatic heterocycles. The predicted molar refractivity (Wildman–Crippen MR) is 136 cm³/mol. The van der Waals surface area contributed by atoms with Crippen molar-refractivity contribution in [3.05, 3.63) is 64.7 Å². The third-order valence-electron chi connectivity index (χ3n) is 5.65. The van der Waals surface area contributed by atoms with Gasteiger partial charge in [-0.05, 0) is 41.8 Å². The van der Waals surface area contributed by atoms with Crippen LogP contribution in [0.4, 0.5) is 26.3 Å². The van der Waals surface area contributed by atoms with Crippen molar-refractivity contribution < 1.29 is 55.0 Å². The van der Waals surface area contributed by atoms with Crippen LogP contribution in [0.3, 0.4) is 0 Å².